The van der Waals surface area contributed by atoms with Crippen LogP contribution in [0.25, 0.3) is 0 Å². The van der Waals surface area contributed by atoms with Gasteiger partial charge < -0.3 is 10.1 Å². The Hall–Kier alpha value is -1.16. The number of hydrogen-bond donors (Lipinski definition) is 1. The van der Waals surface area contributed by atoms with E-state index in [-0.39, 0.29) is 5.92 Å². The van der Waals surface area contributed by atoms with Gasteiger partial charge in [-0.1, -0.05) is 0 Å². The second-order valence-electron chi connectivity index (χ2n) is 4.08. The summed E-state index contributed by atoms with van der Waals surface area (Å²) < 4.78 is 19.4. The molecule has 0 aliphatic carbocycles. The van der Waals surface area contributed by atoms with E-state index >= 15 is 0 Å². The van der Waals surface area contributed by atoms with E-state index in [1.54, 1.807) is 25.4 Å². The van der Waals surface area contributed by atoms with Crippen molar-refractivity contribution in [3.05, 3.63) is 24.0 Å². The molecule has 1 N–H and O–H groups in total. The SMILES string of the molecule is COc1cccnc1C(F)C1CCNCC1. The van der Waals surface area contributed by atoms with Gasteiger partial charge in [0.1, 0.15) is 17.6 Å². The largest absolute Gasteiger partial charge is 0.495 e. The number of alkyl halides is 1. The molecule has 1 atom stereocenters. The Labute approximate surface area is 95.0 Å². The molecule has 0 bridgehead atoms. The van der Waals surface area contributed by atoms with Crippen LogP contribution >= 0.6 is 0 Å². The predicted octanol–water partition coefficient (Wildman–Crippen LogP) is 2.10. The van der Waals surface area contributed by atoms with E-state index in [0.29, 0.717) is 11.4 Å². The van der Waals surface area contributed by atoms with E-state index in [2.05, 4.69) is 10.3 Å². The Morgan fingerprint density at radius 2 is 2.25 bits per heavy atom. The van der Waals surface area contributed by atoms with E-state index in [4.69, 9.17) is 4.74 Å². The maximum Gasteiger partial charge on any atom is 0.149 e. The average Bonchev–Trinajstić information content (AvgIpc) is 2.39. The number of ether oxygens (including phenoxy) is 1. The second-order valence-corrected chi connectivity index (χ2v) is 4.08. The Balaban J connectivity index is 2.15. The van der Waals surface area contributed by atoms with Crippen LogP contribution in [0.15, 0.2) is 18.3 Å². The molecule has 1 unspecified atom stereocenters. The smallest absolute Gasteiger partial charge is 0.149 e. The van der Waals surface area contributed by atoms with Gasteiger partial charge in [-0.05, 0) is 44.0 Å². The Kier molecular flexibility index (Phi) is 3.72. The van der Waals surface area contributed by atoms with Crippen LogP contribution in [0.4, 0.5) is 4.39 Å². The minimum atomic E-state index is -1.02. The molecule has 2 heterocycles. The zero-order valence-corrected chi connectivity index (χ0v) is 9.45. The van der Waals surface area contributed by atoms with Crippen molar-refractivity contribution in [2.45, 2.75) is 19.0 Å². The number of methoxy groups -OCH3 is 1. The minimum absolute atomic E-state index is 0.0602. The zero-order chi connectivity index (χ0) is 11.4. The quantitative estimate of drug-likeness (QED) is 0.853. The van der Waals surface area contributed by atoms with Crippen molar-refractivity contribution in [2.24, 2.45) is 5.92 Å². The van der Waals surface area contributed by atoms with Gasteiger partial charge in [0.05, 0.1) is 7.11 Å². The van der Waals surface area contributed by atoms with Gasteiger partial charge in [-0.25, -0.2) is 4.39 Å². The Morgan fingerprint density at radius 1 is 1.50 bits per heavy atom. The number of aromatic nitrogens is 1. The van der Waals surface area contributed by atoms with E-state index in [1.165, 1.54) is 0 Å². The number of rotatable bonds is 3. The van der Waals surface area contributed by atoms with Gasteiger partial charge >= 0.3 is 0 Å². The number of halogens is 1. The molecule has 1 fully saturated rings. The number of hydrogen-bond acceptors (Lipinski definition) is 3. The molecule has 1 aromatic heterocycles. The van der Waals surface area contributed by atoms with E-state index < -0.39 is 6.17 Å². The number of piperidine rings is 1. The average molecular weight is 224 g/mol. The van der Waals surface area contributed by atoms with E-state index in [1.807, 2.05) is 0 Å². The number of nitrogens with one attached hydrogen (secondary N) is 1. The highest BCUT2D eigenvalue weighted by atomic mass is 19.1. The standard InChI is InChI=1S/C12H17FN2O/c1-16-10-3-2-6-15-12(10)11(13)9-4-7-14-8-5-9/h2-3,6,9,11,14H,4-5,7-8H2,1H3. The summed E-state index contributed by atoms with van der Waals surface area (Å²) in [6, 6.07) is 3.52. The van der Waals surface area contributed by atoms with Gasteiger partial charge in [0, 0.05) is 6.20 Å². The predicted molar refractivity (Wildman–Crippen MR) is 60.2 cm³/mol. The summed E-state index contributed by atoms with van der Waals surface area (Å²) in [6.07, 6.45) is 2.33. The van der Waals surface area contributed by atoms with Crippen molar-refractivity contribution in [1.29, 1.82) is 0 Å². The molecule has 0 aromatic carbocycles. The van der Waals surface area contributed by atoms with Crippen LogP contribution in [0.2, 0.25) is 0 Å². The first-order chi connectivity index (χ1) is 7.83. The molecule has 3 nitrogen and oxygen atoms in total. The summed E-state index contributed by atoms with van der Waals surface area (Å²) >= 11 is 0. The van der Waals surface area contributed by atoms with Crippen molar-refractivity contribution < 1.29 is 9.13 Å². The number of pyridine rings is 1. The molecule has 1 saturated heterocycles. The first-order valence-electron chi connectivity index (χ1n) is 5.66. The van der Waals surface area contributed by atoms with Crippen molar-refractivity contribution in [3.63, 3.8) is 0 Å². The highest BCUT2D eigenvalue weighted by Crippen LogP contribution is 2.35. The van der Waals surface area contributed by atoms with Crippen LogP contribution in [0, 0.1) is 5.92 Å². The first kappa shape index (κ1) is 11.3. The van der Waals surface area contributed by atoms with Crippen molar-refractivity contribution in [2.75, 3.05) is 20.2 Å². The molecule has 0 amide bonds. The van der Waals surface area contributed by atoms with Gasteiger partial charge in [0.15, 0.2) is 0 Å². The molecule has 4 heteroatoms. The summed E-state index contributed by atoms with van der Waals surface area (Å²) in [4.78, 5) is 4.10. The normalized spacial score (nSPS) is 19.4. The molecule has 0 radical (unpaired) electrons. The topological polar surface area (TPSA) is 34.1 Å². The molecule has 1 aromatic rings. The van der Waals surface area contributed by atoms with Gasteiger partial charge in [-0.2, -0.15) is 0 Å². The summed E-state index contributed by atoms with van der Waals surface area (Å²) in [6.45, 7) is 1.78. The van der Waals surface area contributed by atoms with Gasteiger partial charge in [-0.15, -0.1) is 0 Å². The van der Waals surface area contributed by atoms with Gasteiger partial charge in [0.2, 0.25) is 0 Å². The fourth-order valence-corrected chi connectivity index (χ4v) is 2.14. The van der Waals surface area contributed by atoms with Gasteiger partial charge in [-0.3, -0.25) is 4.98 Å². The number of nitrogens with zero attached hydrogens (tertiary/aromatic N) is 1. The molecule has 0 saturated carbocycles. The monoisotopic (exact) mass is 224 g/mol. The highest BCUT2D eigenvalue weighted by Gasteiger charge is 2.27. The minimum Gasteiger partial charge on any atom is -0.495 e. The molecule has 1 aliphatic rings. The fraction of sp³-hybridized carbons (Fsp3) is 0.583. The van der Waals surface area contributed by atoms with Crippen LogP contribution in [-0.2, 0) is 0 Å². The maximum atomic E-state index is 14.3. The molecular weight excluding hydrogens is 207 g/mol. The van der Waals surface area contributed by atoms with Crippen molar-refractivity contribution >= 4 is 0 Å². The Bertz CT molecular complexity index is 340. The molecule has 88 valence electrons. The molecule has 0 spiro atoms. The highest BCUT2D eigenvalue weighted by molar-refractivity contribution is 5.29. The molecular formula is C12H17FN2O. The maximum absolute atomic E-state index is 14.3. The lowest BCUT2D eigenvalue weighted by Gasteiger charge is -2.26. The lowest BCUT2D eigenvalue weighted by Crippen LogP contribution is -2.30. The Morgan fingerprint density at radius 3 is 2.94 bits per heavy atom. The van der Waals surface area contributed by atoms with E-state index in [9.17, 15) is 4.39 Å². The second kappa shape index (κ2) is 5.25. The summed E-state index contributed by atoms with van der Waals surface area (Å²) in [7, 11) is 1.55. The molecule has 1 aliphatic heterocycles. The third kappa shape index (κ3) is 2.32. The van der Waals surface area contributed by atoms with E-state index in [0.717, 1.165) is 25.9 Å². The molecule has 2 rings (SSSR count). The molecule has 16 heavy (non-hydrogen) atoms. The lowest BCUT2D eigenvalue weighted by molar-refractivity contribution is 0.181. The lowest BCUT2D eigenvalue weighted by atomic mass is 9.91. The van der Waals surface area contributed by atoms with Crippen LogP contribution in [0.3, 0.4) is 0 Å². The zero-order valence-electron chi connectivity index (χ0n) is 9.45. The summed E-state index contributed by atoms with van der Waals surface area (Å²) in [5.74, 6) is 0.610. The fourth-order valence-electron chi connectivity index (χ4n) is 2.14. The van der Waals surface area contributed by atoms with Crippen LogP contribution < -0.4 is 10.1 Å². The third-order valence-electron chi connectivity index (χ3n) is 3.08. The van der Waals surface area contributed by atoms with Crippen LogP contribution in [-0.4, -0.2) is 25.2 Å². The van der Waals surface area contributed by atoms with Crippen molar-refractivity contribution in [3.8, 4) is 5.75 Å². The summed E-state index contributed by atoms with van der Waals surface area (Å²) in [5, 5.41) is 3.23. The van der Waals surface area contributed by atoms with Crippen LogP contribution in [0.5, 0.6) is 5.75 Å². The van der Waals surface area contributed by atoms with Gasteiger partial charge in [0.25, 0.3) is 0 Å². The first-order valence-corrected chi connectivity index (χ1v) is 5.66. The summed E-state index contributed by atoms with van der Waals surface area (Å²) in [5.41, 5.74) is 0.442. The van der Waals surface area contributed by atoms with Crippen molar-refractivity contribution in [1.82, 2.24) is 10.3 Å². The van der Waals surface area contributed by atoms with Crippen LogP contribution in [0.1, 0.15) is 24.7 Å². The third-order valence-corrected chi connectivity index (χ3v) is 3.08.